The minimum atomic E-state index is -1.43. The Hall–Kier alpha value is -2.57. The number of imidazole rings is 1. The molecule has 0 aliphatic heterocycles. The number of rotatable bonds is 6. The molecule has 0 fully saturated rings. The molecule has 146 valence electrons. The summed E-state index contributed by atoms with van der Waals surface area (Å²) in [4.78, 5) is 37.8. The Morgan fingerprint density at radius 3 is 2.54 bits per heavy atom. The molecule has 1 aromatic carbocycles. The molecule has 0 unspecified atom stereocenters. The number of aromatic nitrogens is 2. The average Bonchev–Trinajstić information content (AvgIpc) is 2.85. The summed E-state index contributed by atoms with van der Waals surface area (Å²) in [5.41, 5.74) is 0.283. The van der Waals surface area contributed by atoms with Gasteiger partial charge in [0, 0.05) is 25.6 Å². The molecule has 1 N–H and O–H groups in total. The van der Waals surface area contributed by atoms with Gasteiger partial charge in [-0.05, 0) is 33.3 Å². The first-order chi connectivity index (χ1) is 12.5. The third-order valence-electron chi connectivity index (χ3n) is 3.80. The summed E-state index contributed by atoms with van der Waals surface area (Å²) in [6, 6.07) is 3.06. The molecule has 0 saturated heterocycles. The Bertz CT molecular complexity index is 890. The van der Waals surface area contributed by atoms with Crippen LogP contribution >= 0.6 is 0 Å². The van der Waals surface area contributed by atoms with Crippen LogP contribution in [0.4, 0.5) is 10.5 Å². The number of ether oxygens (including phenoxy) is 1. The van der Waals surface area contributed by atoms with Crippen molar-refractivity contribution >= 4 is 28.8 Å². The van der Waals surface area contributed by atoms with Crippen LogP contribution in [0.1, 0.15) is 33.0 Å². The van der Waals surface area contributed by atoms with Crippen LogP contribution in [0.25, 0.3) is 11.0 Å². The van der Waals surface area contributed by atoms with E-state index in [0.717, 1.165) is 0 Å². The van der Waals surface area contributed by atoms with E-state index in [0.29, 0.717) is 16.9 Å². The fraction of sp³-hybridized carbons (Fsp3) is 0.471. The number of nitro groups is 1. The van der Waals surface area contributed by atoms with Gasteiger partial charge in [-0.25, -0.2) is 9.78 Å². The van der Waals surface area contributed by atoms with Crippen molar-refractivity contribution in [2.75, 3.05) is 0 Å². The molecule has 2 rings (SSSR count). The molecule has 1 amide bonds. The topological polar surface area (TPSA) is 139 Å². The van der Waals surface area contributed by atoms with Gasteiger partial charge in [0.25, 0.3) is 5.69 Å². The molecular weight excluding hydrogens is 363 g/mol. The van der Waals surface area contributed by atoms with E-state index in [4.69, 9.17) is 4.74 Å². The molecule has 0 aliphatic rings. The van der Waals surface area contributed by atoms with Gasteiger partial charge in [-0.3, -0.25) is 10.1 Å². The number of carbonyl (C=O) groups is 2. The van der Waals surface area contributed by atoms with E-state index in [1.54, 1.807) is 38.5 Å². The van der Waals surface area contributed by atoms with Gasteiger partial charge in [-0.2, -0.15) is 0 Å². The largest absolute Gasteiger partial charge is 1.00 e. The van der Waals surface area contributed by atoms with Gasteiger partial charge in [0.2, 0.25) is 0 Å². The third kappa shape index (κ3) is 5.97. The summed E-state index contributed by atoms with van der Waals surface area (Å²) in [5, 5.41) is 24.5. The van der Waals surface area contributed by atoms with Crippen molar-refractivity contribution in [3.05, 3.63) is 34.1 Å². The summed E-state index contributed by atoms with van der Waals surface area (Å²) < 4.78 is 6.77. The number of benzene rings is 1. The standard InChI is InChI=1S/C17H22N4O6.Li/c1-17(2,3)27-16(24)19-11(15(22)23)6-8-14-18-12-9-10(21(25)26)5-7-13(12)20(14)4;/h5,7,9,11H,6,8H2,1-4H3,(H,19,24)(H,22,23);/q;+1/p-1/t11-;/m0./s1. The van der Waals surface area contributed by atoms with Gasteiger partial charge in [-0.1, -0.05) is 0 Å². The van der Waals surface area contributed by atoms with Crippen LogP contribution in [0.2, 0.25) is 0 Å². The van der Waals surface area contributed by atoms with Crippen LogP contribution in [-0.2, 0) is 23.0 Å². The fourth-order valence-electron chi connectivity index (χ4n) is 2.55. The summed E-state index contributed by atoms with van der Waals surface area (Å²) in [7, 11) is 1.73. The summed E-state index contributed by atoms with van der Waals surface area (Å²) >= 11 is 0. The maximum Gasteiger partial charge on any atom is 1.00 e. The monoisotopic (exact) mass is 384 g/mol. The first-order valence-corrected chi connectivity index (χ1v) is 8.28. The van der Waals surface area contributed by atoms with Crippen LogP contribution in [0.5, 0.6) is 0 Å². The normalized spacial score (nSPS) is 12.1. The molecular formula is C17H21LiN4O6. The van der Waals surface area contributed by atoms with Gasteiger partial charge >= 0.3 is 25.0 Å². The maximum atomic E-state index is 11.8. The Balaban J connectivity index is 0.00000392. The second kappa shape index (κ2) is 9.08. The number of amides is 1. The number of non-ortho nitro benzene ring substituents is 1. The van der Waals surface area contributed by atoms with Crippen molar-refractivity contribution in [3.63, 3.8) is 0 Å². The SMILES string of the molecule is Cn1c(CC[C@H](NC(=O)OC(C)(C)C)C(=O)[O-])nc2cc([N+](=O)[O-])ccc21.[Li+]. The molecule has 0 saturated carbocycles. The fourth-order valence-corrected chi connectivity index (χ4v) is 2.55. The predicted octanol–water partition coefficient (Wildman–Crippen LogP) is -1.94. The number of alkyl carbamates (subject to hydrolysis) is 1. The first-order valence-electron chi connectivity index (χ1n) is 8.28. The number of fused-ring (bicyclic) bond motifs is 1. The average molecular weight is 384 g/mol. The van der Waals surface area contributed by atoms with E-state index >= 15 is 0 Å². The van der Waals surface area contributed by atoms with Gasteiger partial charge in [0.1, 0.15) is 11.4 Å². The van der Waals surface area contributed by atoms with Crippen molar-refractivity contribution in [1.82, 2.24) is 14.9 Å². The summed E-state index contributed by atoms with van der Waals surface area (Å²) in [5.74, 6) is -0.905. The number of aliphatic carboxylic acids is 1. The number of carboxylic acid groups (broad SMARTS) is 1. The van der Waals surface area contributed by atoms with E-state index < -0.39 is 28.6 Å². The molecule has 0 radical (unpaired) electrons. The smallest absolute Gasteiger partial charge is 0.548 e. The second-order valence-corrected chi connectivity index (χ2v) is 7.07. The van der Waals surface area contributed by atoms with Gasteiger partial charge in [-0.15, -0.1) is 0 Å². The second-order valence-electron chi connectivity index (χ2n) is 7.07. The molecule has 0 bridgehead atoms. The molecule has 11 heteroatoms. The Kier molecular flexibility index (Phi) is 7.61. The quantitative estimate of drug-likeness (QED) is 0.347. The van der Waals surface area contributed by atoms with E-state index in [9.17, 15) is 24.8 Å². The number of nitrogens with zero attached hydrogens (tertiary/aromatic N) is 3. The van der Waals surface area contributed by atoms with Gasteiger partial charge in [0.15, 0.2) is 0 Å². The molecule has 1 heterocycles. The van der Waals surface area contributed by atoms with Crippen molar-refractivity contribution in [3.8, 4) is 0 Å². The van der Waals surface area contributed by atoms with Crippen molar-refractivity contribution in [2.45, 2.75) is 45.3 Å². The molecule has 28 heavy (non-hydrogen) atoms. The van der Waals surface area contributed by atoms with Gasteiger partial charge < -0.3 is 24.5 Å². The van der Waals surface area contributed by atoms with Crippen LogP contribution < -0.4 is 29.3 Å². The zero-order chi connectivity index (χ0) is 20.4. The van der Waals surface area contributed by atoms with Crippen molar-refractivity contribution in [2.24, 2.45) is 7.05 Å². The summed E-state index contributed by atoms with van der Waals surface area (Å²) in [6.45, 7) is 5.00. The number of nitro benzene ring substituents is 1. The minimum Gasteiger partial charge on any atom is -0.548 e. The van der Waals surface area contributed by atoms with Crippen LogP contribution in [0.15, 0.2) is 18.2 Å². The molecule has 1 atom stereocenters. The van der Waals surface area contributed by atoms with E-state index in [1.807, 2.05) is 0 Å². The van der Waals surface area contributed by atoms with Crippen LogP contribution in [-0.4, -0.2) is 38.2 Å². The zero-order valence-electron chi connectivity index (χ0n) is 16.5. The van der Waals surface area contributed by atoms with E-state index in [2.05, 4.69) is 10.3 Å². The zero-order valence-corrected chi connectivity index (χ0v) is 16.5. The number of hydrogen-bond donors (Lipinski definition) is 1. The number of carbonyl (C=O) groups excluding carboxylic acids is 2. The first kappa shape index (κ1) is 23.5. The number of nitrogens with one attached hydrogen (secondary N) is 1. The Morgan fingerprint density at radius 1 is 1.36 bits per heavy atom. The number of hydrogen-bond acceptors (Lipinski definition) is 7. The number of carboxylic acids is 1. The van der Waals surface area contributed by atoms with Crippen molar-refractivity contribution in [1.29, 1.82) is 0 Å². The van der Waals surface area contributed by atoms with E-state index in [1.165, 1.54) is 12.1 Å². The molecule has 0 spiro atoms. The third-order valence-corrected chi connectivity index (χ3v) is 3.80. The molecule has 1 aromatic heterocycles. The van der Waals surface area contributed by atoms with E-state index in [-0.39, 0.29) is 37.4 Å². The predicted molar refractivity (Wildman–Crippen MR) is 93.9 cm³/mol. The Labute approximate surface area is 173 Å². The summed E-state index contributed by atoms with van der Waals surface area (Å²) in [6.07, 6.45) is -0.605. The minimum absolute atomic E-state index is 0. The molecule has 0 aliphatic carbocycles. The van der Waals surface area contributed by atoms with Crippen LogP contribution in [0.3, 0.4) is 0 Å². The van der Waals surface area contributed by atoms with Crippen LogP contribution in [0, 0.1) is 10.1 Å². The maximum absolute atomic E-state index is 11.8. The Morgan fingerprint density at radius 2 is 2.00 bits per heavy atom. The number of aryl methyl sites for hydroxylation is 2. The molecule has 2 aromatic rings. The van der Waals surface area contributed by atoms with Gasteiger partial charge in [0.05, 0.1) is 28.0 Å². The van der Waals surface area contributed by atoms with Crippen molar-refractivity contribution < 1.29 is 43.2 Å². The molecule has 10 nitrogen and oxygen atoms in total.